The second-order valence-electron chi connectivity index (χ2n) is 3.93. The monoisotopic (exact) mass is 227 g/mol. The molecule has 1 heterocycles. The molecule has 0 bridgehead atoms. The molecular weight excluding hydrogens is 206 g/mol. The van der Waals surface area contributed by atoms with E-state index in [1.54, 1.807) is 11.3 Å². The normalized spacial score (nSPS) is 13.5. The highest BCUT2D eigenvalue weighted by Crippen LogP contribution is 2.25. The third-order valence-electron chi connectivity index (χ3n) is 2.71. The Hall–Kier alpha value is -0.450. The Bertz CT molecular complexity index is 309. The lowest BCUT2D eigenvalue weighted by molar-refractivity contribution is 0.259. The lowest BCUT2D eigenvalue weighted by atomic mass is 10.2. The van der Waals surface area contributed by atoms with Crippen LogP contribution in [-0.4, -0.2) is 37.1 Å². The Morgan fingerprint density at radius 2 is 2.13 bits per heavy atom. The zero-order valence-corrected chi connectivity index (χ0v) is 11.1. The van der Waals surface area contributed by atoms with E-state index in [2.05, 4.69) is 43.0 Å². The molecule has 0 radical (unpaired) electrons. The zero-order chi connectivity index (χ0) is 11.4. The van der Waals surface area contributed by atoms with Crippen molar-refractivity contribution < 1.29 is 0 Å². The molecule has 0 amide bonds. The molecule has 0 fully saturated rings. The first kappa shape index (κ1) is 12.6. The number of thiazole rings is 1. The fourth-order valence-electron chi connectivity index (χ4n) is 1.62. The molecule has 0 aromatic carbocycles. The Kier molecular flexibility index (Phi) is 4.70. The van der Waals surface area contributed by atoms with Gasteiger partial charge in [0.05, 0.1) is 16.7 Å². The van der Waals surface area contributed by atoms with E-state index < -0.39 is 0 Å². The van der Waals surface area contributed by atoms with Gasteiger partial charge in [-0.3, -0.25) is 4.90 Å². The summed E-state index contributed by atoms with van der Waals surface area (Å²) in [6.45, 7) is 8.51. The van der Waals surface area contributed by atoms with Crippen molar-refractivity contribution in [1.29, 1.82) is 0 Å². The lowest BCUT2D eigenvalue weighted by Gasteiger charge is -2.23. The summed E-state index contributed by atoms with van der Waals surface area (Å²) in [5, 5.41) is 4.33. The van der Waals surface area contributed by atoms with Crippen LogP contribution in [0.2, 0.25) is 0 Å². The van der Waals surface area contributed by atoms with E-state index in [0.717, 1.165) is 18.1 Å². The predicted octanol–water partition coefficient (Wildman–Crippen LogP) is 1.97. The van der Waals surface area contributed by atoms with Crippen LogP contribution in [-0.2, 0) is 0 Å². The number of aryl methyl sites for hydroxylation is 2. The van der Waals surface area contributed by atoms with Crippen LogP contribution < -0.4 is 5.32 Å². The van der Waals surface area contributed by atoms with Crippen LogP contribution in [0.1, 0.15) is 28.5 Å². The molecule has 4 heteroatoms. The van der Waals surface area contributed by atoms with Gasteiger partial charge in [-0.25, -0.2) is 4.98 Å². The molecule has 1 unspecified atom stereocenters. The van der Waals surface area contributed by atoms with Crippen molar-refractivity contribution >= 4 is 11.3 Å². The van der Waals surface area contributed by atoms with Gasteiger partial charge in [-0.1, -0.05) is 0 Å². The SMILES string of the molecule is CNCCN(C)C(C)c1nc(C)sc1C. The van der Waals surface area contributed by atoms with Gasteiger partial charge in [0, 0.05) is 18.0 Å². The van der Waals surface area contributed by atoms with Gasteiger partial charge in [-0.15, -0.1) is 11.3 Å². The quantitative estimate of drug-likeness (QED) is 0.833. The highest BCUT2D eigenvalue weighted by atomic mass is 32.1. The number of hydrogen-bond donors (Lipinski definition) is 1. The molecule has 1 rings (SSSR count). The van der Waals surface area contributed by atoms with Gasteiger partial charge in [-0.05, 0) is 34.9 Å². The van der Waals surface area contributed by atoms with Crippen LogP contribution in [0.15, 0.2) is 0 Å². The van der Waals surface area contributed by atoms with Crippen molar-refractivity contribution in [2.24, 2.45) is 0 Å². The molecule has 1 N–H and O–H groups in total. The molecule has 0 spiro atoms. The van der Waals surface area contributed by atoms with Crippen molar-refractivity contribution in [2.45, 2.75) is 26.8 Å². The van der Waals surface area contributed by atoms with Crippen LogP contribution in [0.4, 0.5) is 0 Å². The number of rotatable bonds is 5. The van der Waals surface area contributed by atoms with Gasteiger partial charge in [0.2, 0.25) is 0 Å². The second kappa shape index (κ2) is 5.58. The topological polar surface area (TPSA) is 28.2 Å². The standard InChI is InChI=1S/C11H21N3S/c1-8(14(5)7-6-12-4)11-9(2)15-10(3)13-11/h8,12H,6-7H2,1-5H3. The van der Waals surface area contributed by atoms with Crippen molar-refractivity contribution in [1.82, 2.24) is 15.2 Å². The van der Waals surface area contributed by atoms with E-state index in [4.69, 9.17) is 0 Å². The Labute approximate surface area is 96.5 Å². The largest absolute Gasteiger partial charge is 0.318 e. The fraction of sp³-hybridized carbons (Fsp3) is 0.727. The van der Waals surface area contributed by atoms with Crippen LogP contribution in [0.25, 0.3) is 0 Å². The smallest absolute Gasteiger partial charge is 0.0900 e. The molecule has 0 saturated carbocycles. The van der Waals surface area contributed by atoms with Gasteiger partial charge in [0.25, 0.3) is 0 Å². The Morgan fingerprint density at radius 1 is 1.47 bits per heavy atom. The number of likely N-dealkylation sites (N-methyl/N-ethyl adjacent to an activating group) is 2. The van der Waals surface area contributed by atoms with Gasteiger partial charge in [0.1, 0.15) is 0 Å². The van der Waals surface area contributed by atoms with E-state index >= 15 is 0 Å². The minimum absolute atomic E-state index is 0.406. The highest BCUT2D eigenvalue weighted by Gasteiger charge is 2.16. The maximum absolute atomic E-state index is 4.60. The lowest BCUT2D eigenvalue weighted by Crippen LogP contribution is -2.30. The van der Waals surface area contributed by atoms with Crippen LogP contribution in [0.3, 0.4) is 0 Å². The summed E-state index contributed by atoms with van der Waals surface area (Å²) < 4.78 is 0. The summed E-state index contributed by atoms with van der Waals surface area (Å²) in [7, 11) is 4.13. The number of nitrogens with one attached hydrogen (secondary N) is 1. The average molecular weight is 227 g/mol. The Morgan fingerprint density at radius 3 is 2.60 bits per heavy atom. The van der Waals surface area contributed by atoms with Gasteiger partial charge in [-0.2, -0.15) is 0 Å². The first-order chi connectivity index (χ1) is 7.06. The van der Waals surface area contributed by atoms with Gasteiger partial charge in [0.15, 0.2) is 0 Å². The molecule has 0 aliphatic heterocycles. The molecule has 1 aromatic rings. The first-order valence-electron chi connectivity index (χ1n) is 5.35. The highest BCUT2D eigenvalue weighted by molar-refractivity contribution is 7.11. The zero-order valence-electron chi connectivity index (χ0n) is 10.3. The van der Waals surface area contributed by atoms with E-state index in [1.165, 1.54) is 10.6 Å². The van der Waals surface area contributed by atoms with Crippen LogP contribution in [0.5, 0.6) is 0 Å². The van der Waals surface area contributed by atoms with Gasteiger partial charge >= 0.3 is 0 Å². The number of hydrogen-bond acceptors (Lipinski definition) is 4. The van der Waals surface area contributed by atoms with Crippen LogP contribution in [0, 0.1) is 13.8 Å². The second-order valence-corrected chi connectivity index (χ2v) is 5.34. The predicted molar refractivity (Wildman–Crippen MR) is 66.6 cm³/mol. The Balaban J connectivity index is 2.66. The summed E-state index contributed by atoms with van der Waals surface area (Å²) in [5.41, 5.74) is 1.23. The molecule has 1 atom stereocenters. The minimum Gasteiger partial charge on any atom is -0.318 e. The first-order valence-corrected chi connectivity index (χ1v) is 6.16. The molecular formula is C11H21N3S. The van der Waals surface area contributed by atoms with E-state index in [0.29, 0.717) is 6.04 Å². The minimum atomic E-state index is 0.406. The van der Waals surface area contributed by atoms with Gasteiger partial charge < -0.3 is 5.32 Å². The molecule has 0 saturated heterocycles. The van der Waals surface area contributed by atoms with E-state index in [1.807, 2.05) is 7.05 Å². The van der Waals surface area contributed by atoms with Crippen LogP contribution >= 0.6 is 11.3 Å². The molecule has 1 aromatic heterocycles. The third kappa shape index (κ3) is 3.26. The summed E-state index contributed by atoms with van der Waals surface area (Å²) >= 11 is 1.79. The van der Waals surface area contributed by atoms with E-state index in [-0.39, 0.29) is 0 Å². The van der Waals surface area contributed by atoms with Crippen molar-refractivity contribution in [3.05, 3.63) is 15.6 Å². The number of nitrogens with zero attached hydrogens (tertiary/aromatic N) is 2. The summed E-state index contributed by atoms with van der Waals surface area (Å²) in [6, 6.07) is 0.406. The van der Waals surface area contributed by atoms with Crippen molar-refractivity contribution in [3.63, 3.8) is 0 Å². The summed E-state index contributed by atoms with van der Waals surface area (Å²) in [4.78, 5) is 8.27. The van der Waals surface area contributed by atoms with Crippen molar-refractivity contribution in [3.8, 4) is 0 Å². The fourth-order valence-corrected chi connectivity index (χ4v) is 2.53. The molecule has 0 aliphatic rings. The number of aromatic nitrogens is 1. The molecule has 86 valence electrons. The average Bonchev–Trinajstić information content (AvgIpc) is 2.53. The van der Waals surface area contributed by atoms with Crippen molar-refractivity contribution in [2.75, 3.05) is 27.2 Å². The molecule has 3 nitrogen and oxygen atoms in total. The van der Waals surface area contributed by atoms with E-state index in [9.17, 15) is 0 Å². The summed E-state index contributed by atoms with van der Waals surface area (Å²) in [6.07, 6.45) is 0. The third-order valence-corrected chi connectivity index (χ3v) is 3.61. The maximum atomic E-state index is 4.60. The molecule has 15 heavy (non-hydrogen) atoms. The maximum Gasteiger partial charge on any atom is 0.0900 e. The summed E-state index contributed by atoms with van der Waals surface area (Å²) in [5.74, 6) is 0. The molecule has 0 aliphatic carbocycles.